The smallest absolute Gasteiger partial charge is 0.104 e. The molecular weight excluding hydrogens is 306 g/mol. The van der Waals surface area contributed by atoms with Gasteiger partial charge < -0.3 is 9.22 Å². The first kappa shape index (κ1) is 17.5. The number of nitrogens with zero attached hydrogens (tertiary/aromatic N) is 1. The van der Waals surface area contributed by atoms with Crippen molar-refractivity contribution in [3.05, 3.63) is 35.9 Å². The Morgan fingerprint density at radius 2 is 1.80 bits per heavy atom. The lowest BCUT2D eigenvalue weighted by Gasteiger charge is -2.40. The zero-order chi connectivity index (χ0) is 17.5. The highest BCUT2D eigenvalue weighted by Crippen LogP contribution is 2.66. The Morgan fingerprint density at radius 1 is 1.08 bits per heavy atom. The van der Waals surface area contributed by atoms with Gasteiger partial charge in [0.25, 0.3) is 0 Å². The zero-order valence-electron chi connectivity index (χ0n) is 16.5. The Balaban J connectivity index is 1.37. The van der Waals surface area contributed by atoms with Gasteiger partial charge in [0.05, 0.1) is 25.8 Å². The minimum Gasteiger partial charge on any atom is -0.372 e. The van der Waals surface area contributed by atoms with Crippen molar-refractivity contribution in [1.82, 2.24) is 0 Å². The van der Waals surface area contributed by atoms with E-state index in [9.17, 15) is 0 Å². The molecule has 3 fully saturated rings. The first-order valence-corrected chi connectivity index (χ1v) is 10.5. The summed E-state index contributed by atoms with van der Waals surface area (Å²) in [7, 11) is 0. The summed E-state index contributed by atoms with van der Waals surface area (Å²) in [5.74, 6) is 0.877. The summed E-state index contributed by atoms with van der Waals surface area (Å²) >= 11 is 0. The van der Waals surface area contributed by atoms with Gasteiger partial charge in [0.1, 0.15) is 13.1 Å². The van der Waals surface area contributed by atoms with Gasteiger partial charge in [0.15, 0.2) is 0 Å². The number of benzene rings is 1. The lowest BCUT2D eigenvalue weighted by molar-refractivity contribution is -0.930. The van der Waals surface area contributed by atoms with E-state index in [-0.39, 0.29) is 0 Å². The fourth-order valence-corrected chi connectivity index (χ4v) is 6.21. The molecule has 2 bridgehead atoms. The third kappa shape index (κ3) is 2.96. The van der Waals surface area contributed by atoms with E-state index >= 15 is 0 Å². The van der Waals surface area contributed by atoms with Crippen molar-refractivity contribution in [2.75, 3.05) is 26.2 Å². The molecule has 2 nitrogen and oxygen atoms in total. The normalized spacial score (nSPS) is 35.3. The molecule has 25 heavy (non-hydrogen) atoms. The van der Waals surface area contributed by atoms with Gasteiger partial charge in [0, 0.05) is 18.4 Å². The molecule has 2 heteroatoms. The molecule has 2 aliphatic carbocycles. The van der Waals surface area contributed by atoms with Crippen LogP contribution in [0.25, 0.3) is 0 Å². The number of likely N-dealkylation sites (tertiary alicyclic amines) is 1. The van der Waals surface area contributed by atoms with Gasteiger partial charge in [-0.05, 0) is 36.0 Å². The van der Waals surface area contributed by atoms with Gasteiger partial charge in [0.2, 0.25) is 0 Å². The van der Waals surface area contributed by atoms with Crippen LogP contribution in [-0.4, -0.2) is 36.8 Å². The second-order valence-electron chi connectivity index (χ2n) is 9.83. The fraction of sp³-hybridized carbons (Fsp3) is 0.739. The molecule has 1 saturated heterocycles. The summed E-state index contributed by atoms with van der Waals surface area (Å²) in [5, 5.41) is 0. The first-order chi connectivity index (χ1) is 12.0. The van der Waals surface area contributed by atoms with Crippen molar-refractivity contribution in [1.29, 1.82) is 0 Å². The van der Waals surface area contributed by atoms with Gasteiger partial charge in [-0.1, -0.05) is 51.1 Å². The van der Waals surface area contributed by atoms with E-state index in [1.54, 1.807) is 0 Å². The predicted octanol–water partition coefficient (Wildman–Crippen LogP) is 5.03. The Kier molecular flexibility index (Phi) is 4.48. The van der Waals surface area contributed by atoms with Gasteiger partial charge in [-0.25, -0.2) is 0 Å². The molecule has 4 rings (SSSR count). The van der Waals surface area contributed by atoms with Gasteiger partial charge in [-0.2, -0.15) is 0 Å². The lowest BCUT2D eigenvalue weighted by atomic mass is 9.70. The Morgan fingerprint density at radius 3 is 2.40 bits per heavy atom. The summed E-state index contributed by atoms with van der Waals surface area (Å²) < 4.78 is 7.82. The van der Waals surface area contributed by atoms with Crippen LogP contribution in [0.3, 0.4) is 0 Å². The van der Waals surface area contributed by atoms with Crippen LogP contribution in [-0.2, 0) is 11.3 Å². The van der Waals surface area contributed by atoms with E-state index in [2.05, 4.69) is 51.1 Å². The predicted molar refractivity (Wildman–Crippen MR) is 103 cm³/mol. The van der Waals surface area contributed by atoms with Crippen molar-refractivity contribution in [2.24, 2.45) is 16.7 Å². The van der Waals surface area contributed by atoms with Crippen LogP contribution < -0.4 is 0 Å². The molecule has 3 unspecified atom stereocenters. The van der Waals surface area contributed by atoms with Gasteiger partial charge >= 0.3 is 0 Å². The monoisotopic (exact) mass is 342 g/mol. The van der Waals surface area contributed by atoms with Crippen LogP contribution in [0, 0.1) is 16.7 Å². The standard InChI is InChI=1S/C23H36NO/c1-22(2)20-11-12-23(22,3)21(17-20)25-16-15-24(13-7-8-14-24)18-19-9-5-4-6-10-19/h4-6,9-10,20-21H,7-8,11-18H2,1-3H3/q+1. The molecule has 0 spiro atoms. The molecule has 0 N–H and O–H groups in total. The van der Waals surface area contributed by atoms with Crippen LogP contribution in [0.4, 0.5) is 0 Å². The molecule has 0 aromatic heterocycles. The molecule has 0 amide bonds. The van der Waals surface area contributed by atoms with Crippen LogP contribution in [0.15, 0.2) is 30.3 Å². The average molecular weight is 343 g/mol. The Labute approximate surface area is 154 Å². The fourth-order valence-electron chi connectivity index (χ4n) is 6.21. The number of fused-ring (bicyclic) bond motifs is 2. The van der Waals surface area contributed by atoms with E-state index in [0.29, 0.717) is 16.9 Å². The Hall–Kier alpha value is -0.860. The van der Waals surface area contributed by atoms with Crippen molar-refractivity contribution < 1.29 is 9.22 Å². The number of rotatable bonds is 6. The second kappa shape index (κ2) is 6.39. The summed E-state index contributed by atoms with van der Waals surface area (Å²) in [6.45, 7) is 13.4. The van der Waals surface area contributed by atoms with Crippen LogP contribution in [0.5, 0.6) is 0 Å². The van der Waals surface area contributed by atoms with Crippen LogP contribution in [0.1, 0.15) is 58.4 Å². The topological polar surface area (TPSA) is 9.23 Å². The average Bonchev–Trinajstić information content (AvgIpc) is 3.19. The molecule has 3 atom stereocenters. The molecule has 1 aliphatic heterocycles. The third-order valence-electron chi connectivity index (χ3n) is 8.47. The van der Waals surface area contributed by atoms with E-state index < -0.39 is 0 Å². The maximum absolute atomic E-state index is 6.58. The van der Waals surface area contributed by atoms with E-state index in [1.165, 1.54) is 68.3 Å². The summed E-state index contributed by atoms with van der Waals surface area (Å²) in [5.41, 5.74) is 2.34. The number of hydrogen-bond donors (Lipinski definition) is 0. The van der Waals surface area contributed by atoms with Crippen molar-refractivity contribution in [3.8, 4) is 0 Å². The summed E-state index contributed by atoms with van der Waals surface area (Å²) in [6.07, 6.45) is 7.31. The van der Waals surface area contributed by atoms with Gasteiger partial charge in [-0.3, -0.25) is 0 Å². The molecule has 1 heterocycles. The van der Waals surface area contributed by atoms with E-state index in [0.717, 1.165) is 12.5 Å². The largest absolute Gasteiger partial charge is 0.372 e. The summed E-state index contributed by atoms with van der Waals surface area (Å²) in [4.78, 5) is 0. The van der Waals surface area contributed by atoms with Gasteiger partial charge in [-0.15, -0.1) is 0 Å². The number of ether oxygens (including phenoxy) is 1. The van der Waals surface area contributed by atoms with E-state index in [4.69, 9.17) is 4.74 Å². The molecule has 138 valence electrons. The van der Waals surface area contributed by atoms with E-state index in [1.807, 2.05) is 0 Å². The Bertz CT molecular complexity index is 589. The number of quaternary nitrogens is 1. The van der Waals surface area contributed by atoms with Crippen molar-refractivity contribution in [3.63, 3.8) is 0 Å². The lowest BCUT2D eigenvalue weighted by Crippen LogP contribution is -2.47. The first-order valence-electron chi connectivity index (χ1n) is 10.5. The molecule has 3 aliphatic rings. The second-order valence-corrected chi connectivity index (χ2v) is 9.83. The summed E-state index contributed by atoms with van der Waals surface area (Å²) in [6, 6.07) is 11.1. The maximum atomic E-state index is 6.58. The highest BCUT2D eigenvalue weighted by Gasteiger charge is 2.61. The minimum atomic E-state index is 0.396. The van der Waals surface area contributed by atoms with Crippen molar-refractivity contribution in [2.45, 2.75) is 65.5 Å². The molecule has 1 aromatic rings. The number of hydrogen-bond acceptors (Lipinski definition) is 1. The highest BCUT2D eigenvalue weighted by atomic mass is 16.5. The molecular formula is C23H36NO+. The van der Waals surface area contributed by atoms with Crippen LogP contribution in [0.2, 0.25) is 0 Å². The SMILES string of the molecule is CC1(C)C2CCC1(C)C(OCC[N+]1(Cc3ccccc3)CCCC1)C2. The highest BCUT2D eigenvalue weighted by molar-refractivity contribution is 5.13. The quantitative estimate of drug-likeness (QED) is 0.659. The molecule has 0 radical (unpaired) electrons. The van der Waals surface area contributed by atoms with Crippen LogP contribution >= 0.6 is 0 Å². The molecule has 1 aromatic carbocycles. The van der Waals surface area contributed by atoms with Crippen molar-refractivity contribution >= 4 is 0 Å². The zero-order valence-corrected chi connectivity index (χ0v) is 16.5. The molecule has 2 saturated carbocycles. The minimum absolute atomic E-state index is 0.396. The third-order valence-corrected chi connectivity index (χ3v) is 8.47. The maximum Gasteiger partial charge on any atom is 0.104 e.